The molecule has 0 radical (unpaired) electrons. The van der Waals surface area contributed by atoms with Crippen molar-refractivity contribution in [3.8, 4) is 0 Å². The van der Waals surface area contributed by atoms with Gasteiger partial charge in [-0.05, 0) is 12.3 Å². The molecule has 2 unspecified atom stereocenters. The summed E-state index contributed by atoms with van der Waals surface area (Å²) < 4.78 is 129. The van der Waals surface area contributed by atoms with Gasteiger partial charge in [0, 0.05) is 12.0 Å². The largest absolute Gasteiger partial charge is 1.00 e. The van der Waals surface area contributed by atoms with Crippen molar-refractivity contribution in [1.29, 1.82) is 0 Å². The molecule has 36 heavy (non-hydrogen) atoms. The Kier molecular flexibility index (Phi) is 17.3. The van der Waals surface area contributed by atoms with Crippen molar-refractivity contribution in [2.45, 2.75) is 81.6 Å². The molecule has 0 N–H and O–H groups in total. The van der Waals surface area contributed by atoms with Crippen LogP contribution in [0.3, 0.4) is 0 Å². The molecule has 0 bridgehead atoms. The van der Waals surface area contributed by atoms with Crippen LogP contribution in [-0.2, 0) is 28.4 Å². The number of carbonyl (C=O) groups is 2. The average molecular weight is 578 g/mol. The molecule has 0 aromatic carbocycles. The average Bonchev–Trinajstić information content (AvgIpc) is 2.75. The Bertz CT molecular complexity index is 669. The first-order valence-corrected chi connectivity index (χ1v) is 10.9. The van der Waals surface area contributed by atoms with Gasteiger partial charge >= 0.3 is 65.4 Å². The van der Waals surface area contributed by atoms with E-state index >= 15 is 0 Å². The van der Waals surface area contributed by atoms with Gasteiger partial charge in [-0.1, -0.05) is 33.1 Å². The second-order valence-corrected chi connectivity index (χ2v) is 8.19. The van der Waals surface area contributed by atoms with Crippen molar-refractivity contribution in [1.82, 2.24) is 0 Å². The molecular formula is C18H24F9NaO7S. The van der Waals surface area contributed by atoms with Crippen LogP contribution in [0.5, 0.6) is 0 Å². The zero-order valence-corrected chi connectivity index (χ0v) is 22.3. The molecular weight excluding hydrogens is 554 g/mol. The van der Waals surface area contributed by atoms with Gasteiger partial charge in [-0.2, -0.15) is 43.8 Å². The molecule has 0 heterocycles. The van der Waals surface area contributed by atoms with Crippen molar-refractivity contribution in [3.05, 3.63) is 0 Å². The second kappa shape index (κ2) is 16.5. The van der Waals surface area contributed by atoms with Crippen LogP contribution < -0.4 is 34.8 Å². The van der Waals surface area contributed by atoms with Crippen molar-refractivity contribution in [2.75, 3.05) is 13.2 Å². The van der Waals surface area contributed by atoms with Crippen LogP contribution in [0.2, 0.25) is 0 Å². The van der Waals surface area contributed by atoms with E-state index in [1.54, 1.807) is 0 Å². The van der Waals surface area contributed by atoms with Gasteiger partial charge in [0.25, 0.3) is 0 Å². The van der Waals surface area contributed by atoms with Crippen LogP contribution >= 0.6 is 12.0 Å². The predicted octanol–water partition coefficient (Wildman–Crippen LogP) is 1.78. The second-order valence-electron chi connectivity index (χ2n) is 7.29. The third-order valence-electron chi connectivity index (χ3n) is 4.69. The number of alkyl halides is 9. The van der Waals surface area contributed by atoms with E-state index in [1.807, 2.05) is 13.8 Å². The molecule has 0 fully saturated rings. The van der Waals surface area contributed by atoms with E-state index in [1.165, 1.54) is 0 Å². The van der Waals surface area contributed by atoms with Crippen LogP contribution in [-0.4, -0.2) is 54.3 Å². The van der Waals surface area contributed by atoms with Gasteiger partial charge in [-0.25, -0.2) is 0 Å². The normalized spacial score (nSPS) is 14.6. The molecule has 18 heteroatoms. The van der Waals surface area contributed by atoms with Gasteiger partial charge < -0.3 is 14.7 Å². The molecule has 7 nitrogen and oxygen atoms in total. The first-order chi connectivity index (χ1) is 16.0. The monoisotopic (exact) mass is 578 g/mol. The van der Waals surface area contributed by atoms with Crippen LogP contribution in [0.15, 0.2) is 0 Å². The quantitative estimate of drug-likeness (QED) is 0.0645. The summed E-state index contributed by atoms with van der Waals surface area (Å²) in [4.78, 5) is 23.9. The predicted molar refractivity (Wildman–Crippen MR) is 98.9 cm³/mol. The molecule has 0 aliphatic rings. The summed E-state index contributed by atoms with van der Waals surface area (Å²) in [6.07, 6.45) is -7.13. The number of hydrogen-bond acceptors (Lipinski definition) is 8. The first kappa shape index (κ1) is 37.7. The fourth-order valence-electron chi connectivity index (χ4n) is 2.48. The van der Waals surface area contributed by atoms with Crippen LogP contribution in [0.4, 0.5) is 39.5 Å². The maximum atomic E-state index is 13.5. The number of halogens is 9. The standard InChI is InChI=1S/C18H25F9O7S.Na/c1-3-5-6-11(4-2)10-32-13(28)9-12(35-34-33-30)14(29)31-8-7-15(19,20)16(21,22)17(23,24)18(25,26)27;/h11-12,30H,3-10H2,1-2H3;/q;+1/p-1. The van der Waals surface area contributed by atoms with E-state index < -0.39 is 60.6 Å². The Labute approximate surface area is 227 Å². The Hall–Kier alpha value is -0.460. The van der Waals surface area contributed by atoms with E-state index in [0.717, 1.165) is 19.3 Å². The Morgan fingerprint density at radius 1 is 0.944 bits per heavy atom. The summed E-state index contributed by atoms with van der Waals surface area (Å²) in [5.74, 6) is -22.5. The molecule has 0 rings (SSSR count). The maximum Gasteiger partial charge on any atom is 1.00 e. The first-order valence-electron chi connectivity index (χ1n) is 10.1. The fraction of sp³-hybridized carbons (Fsp3) is 0.889. The number of hydrogen-bond donors (Lipinski definition) is 0. The topological polar surface area (TPSA) is 94.1 Å². The van der Waals surface area contributed by atoms with Gasteiger partial charge in [0.05, 0.1) is 26.1 Å². The third kappa shape index (κ3) is 11.1. The summed E-state index contributed by atoms with van der Waals surface area (Å²) >= 11 is -0.132. The Morgan fingerprint density at radius 3 is 2.00 bits per heavy atom. The number of rotatable bonds is 17. The van der Waals surface area contributed by atoms with E-state index in [4.69, 9.17) is 4.74 Å². The van der Waals surface area contributed by atoms with E-state index in [2.05, 4.69) is 14.1 Å². The molecule has 0 aliphatic heterocycles. The van der Waals surface area contributed by atoms with E-state index in [0.29, 0.717) is 6.42 Å². The van der Waals surface area contributed by atoms with Gasteiger partial charge in [0.15, 0.2) is 0 Å². The maximum absolute atomic E-state index is 13.5. The van der Waals surface area contributed by atoms with Crippen molar-refractivity contribution in [3.63, 3.8) is 0 Å². The molecule has 0 saturated carbocycles. The number of unbranched alkanes of at least 4 members (excludes halogenated alkanes) is 1. The van der Waals surface area contributed by atoms with Gasteiger partial charge in [0.2, 0.25) is 0 Å². The van der Waals surface area contributed by atoms with E-state index in [-0.39, 0.29) is 54.1 Å². The van der Waals surface area contributed by atoms with Gasteiger partial charge in [0.1, 0.15) is 5.25 Å². The Morgan fingerprint density at radius 2 is 1.53 bits per heavy atom. The summed E-state index contributed by atoms with van der Waals surface area (Å²) in [7, 11) is 0. The van der Waals surface area contributed by atoms with Crippen LogP contribution in [0, 0.1) is 5.92 Å². The smallest absolute Gasteiger partial charge is 0.691 e. The Balaban J connectivity index is 0. The number of ether oxygens (including phenoxy) is 2. The summed E-state index contributed by atoms with van der Waals surface area (Å²) in [5.41, 5.74) is 0. The van der Waals surface area contributed by atoms with Crippen molar-refractivity contribution < 1.29 is 103 Å². The number of carbonyl (C=O) groups excluding carboxylic acids is 2. The molecule has 0 aliphatic carbocycles. The summed E-state index contributed by atoms with van der Waals surface area (Å²) in [5, 5.41) is 11.1. The zero-order valence-electron chi connectivity index (χ0n) is 19.5. The molecule has 0 aromatic rings. The SMILES string of the molecule is CCCCC(CC)COC(=O)CC(SOO[O-])C(=O)OCCC(F)(F)C(F)(F)C(F)(F)C(F)(F)F.[Na+]. The molecule has 208 valence electrons. The van der Waals surface area contributed by atoms with Gasteiger partial charge in [-0.3, -0.25) is 14.6 Å². The van der Waals surface area contributed by atoms with Crippen LogP contribution in [0.1, 0.15) is 52.4 Å². The van der Waals surface area contributed by atoms with Crippen molar-refractivity contribution in [2.24, 2.45) is 5.92 Å². The zero-order chi connectivity index (χ0) is 27.5. The molecule has 0 aromatic heterocycles. The van der Waals surface area contributed by atoms with Gasteiger partial charge in [-0.15, -0.1) is 0 Å². The summed E-state index contributed by atoms with van der Waals surface area (Å²) in [6.45, 7) is 2.01. The molecule has 2 atom stereocenters. The molecule has 0 spiro atoms. The number of esters is 2. The van der Waals surface area contributed by atoms with Crippen molar-refractivity contribution >= 4 is 24.0 Å². The van der Waals surface area contributed by atoms with E-state index in [9.17, 15) is 54.4 Å². The fourth-order valence-corrected chi connectivity index (χ4v) is 2.95. The third-order valence-corrected chi connectivity index (χ3v) is 5.42. The minimum absolute atomic E-state index is 0. The minimum atomic E-state index is -7.08. The summed E-state index contributed by atoms with van der Waals surface area (Å²) in [6, 6.07) is 0. The van der Waals surface area contributed by atoms with Crippen LogP contribution in [0.25, 0.3) is 0 Å². The minimum Gasteiger partial charge on any atom is -0.691 e. The molecule has 0 saturated heterocycles. The molecule has 0 amide bonds.